The number of nitrogens with zero attached hydrogens (tertiary/aromatic N) is 1. The highest BCUT2D eigenvalue weighted by Gasteiger charge is 2.55. The molecule has 1 fully saturated rings. The average molecular weight is 337 g/mol. The molecule has 22 heavy (non-hydrogen) atoms. The predicted octanol–water partition coefficient (Wildman–Crippen LogP) is 1.54. The minimum absolute atomic E-state index is 0.0265. The van der Waals surface area contributed by atoms with E-state index in [0.717, 1.165) is 18.5 Å². The molecule has 0 aliphatic carbocycles. The van der Waals surface area contributed by atoms with Crippen molar-refractivity contribution in [2.75, 3.05) is 6.26 Å². The molecule has 6 nitrogen and oxygen atoms in total. The molecular formula is C12H14F3N3O3S. The molecule has 0 spiro atoms. The largest absolute Gasteiger partial charge is 0.414 e. The molecule has 1 aliphatic rings. The number of ether oxygens (including phenoxy) is 1. The second kappa shape index (κ2) is 5.20. The van der Waals surface area contributed by atoms with E-state index in [2.05, 4.69) is 4.98 Å². The Balaban J connectivity index is 2.49. The molecule has 0 bridgehead atoms. The maximum Gasteiger partial charge on any atom is 0.414 e. The number of halogens is 3. The molecule has 1 aromatic rings. The number of nitrogens with one attached hydrogen (secondary N) is 1. The van der Waals surface area contributed by atoms with Crippen LogP contribution in [0.3, 0.4) is 0 Å². The average Bonchev–Trinajstić information content (AvgIpc) is 2.84. The van der Waals surface area contributed by atoms with Gasteiger partial charge in [-0.05, 0) is 30.5 Å². The van der Waals surface area contributed by atoms with E-state index < -0.39 is 39.9 Å². The summed E-state index contributed by atoms with van der Waals surface area (Å²) in [6.45, 7) is 0. The maximum absolute atomic E-state index is 12.8. The molecule has 2 rings (SSSR count). The van der Waals surface area contributed by atoms with E-state index >= 15 is 0 Å². The summed E-state index contributed by atoms with van der Waals surface area (Å²) >= 11 is 0. The van der Waals surface area contributed by atoms with Crippen LogP contribution in [0.1, 0.15) is 18.4 Å². The second-order valence-electron chi connectivity index (χ2n) is 5.10. The Hall–Kier alpha value is -1.68. The summed E-state index contributed by atoms with van der Waals surface area (Å²) in [4.78, 5) is 15.5. The molecule has 1 saturated heterocycles. The fourth-order valence-corrected chi connectivity index (χ4v) is 2.95. The molecule has 122 valence electrons. The number of nitrogens with two attached hydrogens (primary N) is 1. The van der Waals surface area contributed by atoms with Crippen LogP contribution in [0.2, 0.25) is 0 Å². The first-order valence-electron chi connectivity index (χ1n) is 6.21. The number of amides is 1. The Morgan fingerprint density at radius 3 is 2.68 bits per heavy atom. The van der Waals surface area contributed by atoms with Crippen LogP contribution in [-0.4, -0.2) is 33.6 Å². The molecule has 3 atom stereocenters. The van der Waals surface area contributed by atoms with Crippen LogP contribution in [-0.2, 0) is 24.9 Å². The third-order valence-corrected chi connectivity index (χ3v) is 4.49. The molecule has 3 unspecified atom stereocenters. The Labute approximate surface area is 124 Å². The normalized spacial score (nSPS) is 28.3. The van der Waals surface area contributed by atoms with Crippen LogP contribution in [0, 0.1) is 4.78 Å². The van der Waals surface area contributed by atoms with E-state index in [1.807, 2.05) is 0 Å². The van der Waals surface area contributed by atoms with Crippen molar-refractivity contribution in [1.29, 1.82) is 4.78 Å². The van der Waals surface area contributed by atoms with Crippen molar-refractivity contribution in [3.63, 3.8) is 0 Å². The zero-order valence-corrected chi connectivity index (χ0v) is 12.3. The van der Waals surface area contributed by atoms with Gasteiger partial charge in [0.25, 0.3) is 5.91 Å². The number of carbonyl (C=O) groups excluding carboxylic acids is 1. The van der Waals surface area contributed by atoms with Crippen molar-refractivity contribution in [1.82, 2.24) is 4.98 Å². The van der Waals surface area contributed by atoms with Crippen LogP contribution in [0.25, 0.3) is 0 Å². The molecule has 2 heterocycles. The highest BCUT2D eigenvalue weighted by molar-refractivity contribution is 7.91. The van der Waals surface area contributed by atoms with Crippen molar-refractivity contribution in [2.24, 2.45) is 5.73 Å². The van der Waals surface area contributed by atoms with Crippen LogP contribution < -0.4 is 5.73 Å². The van der Waals surface area contributed by atoms with Gasteiger partial charge in [-0.25, -0.2) is 14.0 Å². The third-order valence-electron chi connectivity index (χ3n) is 3.47. The number of pyridine rings is 1. The van der Waals surface area contributed by atoms with Crippen LogP contribution >= 0.6 is 0 Å². The Bertz CT molecular complexity index is 705. The van der Waals surface area contributed by atoms with Crippen molar-refractivity contribution < 1.29 is 26.9 Å². The van der Waals surface area contributed by atoms with Gasteiger partial charge in [-0.1, -0.05) is 0 Å². The molecule has 0 radical (unpaired) electrons. The van der Waals surface area contributed by atoms with Gasteiger partial charge >= 0.3 is 6.18 Å². The zero-order valence-electron chi connectivity index (χ0n) is 11.5. The lowest BCUT2D eigenvalue weighted by atomic mass is 9.90. The molecule has 1 aliphatic heterocycles. The Morgan fingerprint density at radius 2 is 2.23 bits per heavy atom. The number of aromatic nitrogens is 1. The second-order valence-corrected chi connectivity index (χ2v) is 7.21. The lowest BCUT2D eigenvalue weighted by Crippen LogP contribution is -2.43. The summed E-state index contributed by atoms with van der Waals surface area (Å²) in [5, 5.41) is -0.148. The lowest BCUT2D eigenvalue weighted by molar-refractivity contribution is -0.229. The van der Waals surface area contributed by atoms with Gasteiger partial charge in [-0.2, -0.15) is 13.2 Å². The molecule has 1 aromatic heterocycles. The van der Waals surface area contributed by atoms with Gasteiger partial charge in [0, 0.05) is 12.5 Å². The monoisotopic (exact) mass is 337 g/mol. The quantitative estimate of drug-likeness (QED) is 0.872. The van der Waals surface area contributed by atoms with Crippen LogP contribution in [0.5, 0.6) is 0 Å². The minimum Gasteiger partial charge on any atom is -0.367 e. The topological polar surface area (TPSA) is 106 Å². The van der Waals surface area contributed by atoms with Crippen molar-refractivity contribution >= 4 is 15.6 Å². The predicted molar refractivity (Wildman–Crippen MR) is 70.3 cm³/mol. The first kappa shape index (κ1) is 16.7. The first-order valence-corrected chi connectivity index (χ1v) is 8.18. The number of alkyl halides is 3. The maximum atomic E-state index is 12.8. The van der Waals surface area contributed by atoms with Crippen molar-refractivity contribution in [3.8, 4) is 0 Å². The summed E-state index contributed by atoms with van der Waals surface area (Å²) in [5.74, 6) is -1.07. The fourth-order valence-electron chi connectivity index (χ4n) is 2.34. The van der Waals surface area contributed by atoms with E-state index in [-0.39, 0.29) is 17.0 Å². The Kier molecular flexibility index (Phi) is 3.94. The third kappa shape index (κ3) is 2.93. The number of rotatable bonds is 3. The van der Waals surface area contributed by atoms with Gasteiger partial charge in [0.05, 0.1) is 9.73 Å². The highest BCUT2D eigenvalue weighted by atomic mass is 32.2. The smallest absolute Gasteiger partial charge is 0.367 e. The van der Waals surface area contributed by atoms with E-state index in [1.54, 1.807) is 0 Å². The lowest BCUT2D eigenvalue weighted by Gasteiger charge is -2.27. The molecule has 0 aromatic carbocycles. The number of carbonyl (C=O) groups is 1. The van der Waals surface area contributed by atoms with Gasteiger partial charge in [0.2, 0.25) is 0 Å². The summed E-state index contributed by atoms with van der Waals surface area (Å²) in [5.41, 5.74) is 3.33. The summed E-state index contributed by atoms with van der Waals surface area (Å²) in [7, 11) is -3.19. The number of hydrogen-bond donors (Lipinski definition) is 2. The van der Waals surface area contributed by atoms with Gasteiger partial charge in [0.1, 0.15) is 5.03 Å². The highest BCUT2D eigenvalue weighted by Crippen LogP contribution is 2.44. The van der Waals surface area contributed by atoms with Crippen molar-refractivity contribution in [2.45, 2.75) is 35.7 Å². The SMILES string of the molecule is CS(=N)(=O)c1cc(C2(C(N)=O)CCC(C(F)(F)F)O2)ccn1. The zero-order chi connectivity index (χ0) is 16.8. The van der Waals surface area contributed by atoms with Gasteiger partial charge in [0.15, 0.2) is 11.7 Å². The molecule has 1 amide bonds. The van der Waals surface area contributed by atoms with Gasteiger partial charge < -0.3 is 10.5 Å². The Morgan fingerprint density at radius 1 is 1.59 bits per heavy atom. The number of hydrogen-bond acceptors (Lipinski definition) is 5. The van der Waals surface area contributed by atoms with Gasteiger partial charge in [-0.15, -0.1) is 0 Å². The van der Waals surface area contributed by atoms with E-state index in [4.69, 9.17) is 15.3 Å². The van der Waals surface area contributed by atoms with E-state index in [0.29, 0.717) is 0 Å². The number of primary amides is 1. The molecule has 0 saturated carbocycles. The van der Waals surface area contributed by atoms with Gasteiger partial charge in [-0.3, -0.25) is 4.79 Å². The van der Waals surface area contributed by atoms with Crippen LogP contribution in [0.15, 0.2) is 23.4 Å². The molecule has 3 N–H and O–H groups in total. The summed E-state index contributed by atoms with van der Waals surface area (Å²) in [6.07, 6.45) is -5.09. The minimum atomic E-state index is -4.61. The summed E-state index contributed by atoms with van der Waals surface area (Å²) in [6, 6.07) is 2.41. The fraction of sp³-hybridized carbons (Fsp3) is 0.500. The standard InChI is InChI=1S/C12H14F3N3O3S/c1-22(17,20)9-6-7(3-5-18-9)11(10(16)19)4-2-8(21-11)12(13,14)15/h3,5-6,8,17H,2,4H2,1H3,(H2,16,19). The van der Waals surface area contributed by atoms with E-state index in [1.165, 1.54) is 6.07 Å². The van der Waals surface area contributed by atoms with Crippen LogP contribution in [0.4, 0.5) is 13.2 Å². The van der Waals surface area contributed by atoms with E-state index in [9.17, 15) is 22.2 Å². The molecular weight excluding hydrogens is 323 g/mol. The first-order chi connectivity index (χ1) is 9.97. The van der Waals surface area contributed by atoms with Crippen molar-refractivity contribution in [3.05, 3.63) is 23.9 Å². The molecule has 10 heteroatoms. The summed E-state index contributed by atoms with van der Waals surface area (Å²) < 4.78 is 62.5.